The largest absolute Gasteiger partial charge is 2.00 e. The predicted molar refractivity (Wildman–Crippen MR) is 324 cm³/mol. The molecule has 0 atom stereocenters. The molecule has 0 unspecified atom stereocenters. The molecule has 8 rings (SSSR count). The van der Waals surface area contributed by atoms with Crippen molar-refractivity contribution < 1.29 is 61.2 Å². The molecule has 14 nitrogen and oxygen atoms in total. The minimum atomic E-state index is -4.56. The fourth-order valence-corrected chi connectivity index (χ4v) is 9.58. The molecule has 0 N–H and O–H groups in total. The molecule has 6 aromatic heterocycles. The maximum atomic E-state index is 13.3. The van der Waals surface area contributed by atoms with E-state index in [0.717, 1.165) is 69.7 Å². The molecular weight excluding hydrogens is 1200 g/mol. The first-order chi connectivity index (χ1) is 39.8. The number of benzene rings is 2. The van der Waals surface area contributed by atoms with Gasteiger partial charge in [0.2, 0.25) is 0 Å². The summed E-state index contributed by atoms with van der Waals surface area (Å²) >= 11 is 5.39. The molecule has 8 aromatic rings. The fourth-order valence-electron chi connectivity index (χ4n) is 8.33. The molecule has 0 saturated heterocycles. The van der Waals surface area contributed by atoms with Gasteiger partial charge in [0.1, 0.15) is 10.7 Å². The van der Waals surface area contributed by atoms with Gasteiger partial charge in [-0.15, -0.1) is 11.3 Å². The number of carbonyl (C=O) groups excluding carboxylic acids is 3. The van der Waals surface area contributed by atoms with Crippen LogP contribution in [0.4, 0.5) is 29.5 Å². The Balaban J connectivity index is 0.000000306. The van der Waals surface area contributed by atoms with E-state index < -0.39 is 11.9 Å². The number of ether oxygens (including phenoxy) is 3. The van der Waals surface area contributed by atoms with Crippen LogP contribution in [0.25, 0.3) is 68.2 Å². The molecule has 0 aliphatic heterocycles. The summed E-state index contributed by atoms with van der Waals surface area (Å²) in [5.41, 5.74) is 10.7. The minimum absolute atomic E-state index is 0. The van der Waals surface area contributed by atoms with Gasteiger partial charge in [0, 0.05) is 34.8 Å². The van der Waals surface area contributed by atoms with Gasteiger partial charge in [0.15, 0.2) is 0 Å². The van der Waals surface area contributed by atoms with Gasteiger partial charge in [-0.1, -0.05) is 110 Å². The van der Waals surface area contributed by atoms with Crippen LogP contribution in [0.1, 0.15) is 113 Å². The van der Waals surface area contributed by atoms with Crippen molar-refractivity contribution in [2.45, 2.75) is 97.6 Å². The first kappa shape index (κ1) is 66.4. The van der Waals surface area contributed by atoms with Crippen molar-refractivity contribution in [1.29, 1.82) is 0 Å². The number of rotatable bonds is 21. The number of nitrogens with zero attached hydrogens (tertiary/aromatic N) is 8. The van der Waals surface area contributed by atoms with Gasteiger partial charge in [-0.2, -0.15) is 18.3 Å². The van der Waals surface area contributed by atoms with Gasteiger partial charge < -0.3 is 34.7 Å². The van der Waals surface area contributed by atoms with Gasteiger partial charge in [0.25, 0.3) is 19.4 Å². The molecule has 0 aliphatic carbocycles. The van der Waals surface area contributed by atoms with Crippen molar-refractivity contribution in [3.8, 4) is 44.6 Å². The molecule has 84 heavy (non-hydrogen) atoms. The van der Waals surface area contributed by atoms with Crippen LogP contribution < -0.4 is 10.00 Å². The Morgan fingerprint density at radius 1 is 0.619 bits per heavy atom. The standard InChI is InChI=1S/C39H44F3N4S.C24H17N3O6.CNS.Ru/c1-8-9-10-11-12-26-24-35(47-36(26)27-21-22-43-32(23-27)33-25-34(45-44-33)39(40,41)42)46(30-17-13-28(14-18-30)37(2,3)4)31-19-15-29(16-20-31)38(5,6)7;28-15-31-8-3-18-1-6-25-21(11-18)23-13-20(5-10-33-17-30)14-24(27-23)22-12-19(2-7-26-22)4-9-32-16-29;2-1-3;/h13-25H,8-12H2,1-7H3;1-17H;;/q-1;;-1;+2/b;8-3+,9-4+,10-5+;;. The zero-order valence-corrected chi connectivity index (χ0v) is 50.6. The van der Waals surface area contributed by atoms with E-state index in [1.165, 1.54) is 47.1 Å². The molecule has 0 fully saturated rings. The van der Waals surface area contributed by atoms with E-state index in [2.05, 4.69) is 165 Å². The Bertz CT molecular complexity index is 3430. The molecule has 0 radical (unpaired) electrons. The molecular formula is C64H61F3N8O6RuS2. The number of pyridine rings is 4. The predicted octanol–water partition coefficient (Wildman–Crippen LogP) is 16.3. The van der Waals surface area contributed by atoms with Crippen LogP contribution in [0.2, 0.25) is 0 Å². The maximum Gasteiger partial charge on any atom is 2.00 e. The fraction of sp³-hybridized carbons (Fsp3) is 0.234. The Morgan fingerprint density at radius 2 is 1.08 bits per heavy atom. The molecule has 0 spiro atoms. The van der Waals surface area contributed by atoms with Gasteiger partial charge in [0.05, 0.1) is 47.3 Å². The summed E-state index contributed by atoms with van der Waals surface area (Å²) in [4.78, 5) is 52.3. The summed E-state index contributed by atoms with van der Waals surface area (Å²) in [5.74, 6) is 0. The first-order valence-corrected chi connectivity index (χ1v) is 27.4. The van der Waals surface area contributed by atoms with Crippen molar-refractivity contribution in [2.24, 2.45) is 0 Å². The summed E-state index contributed by atoms with van der Waals surface area (Å²) < 4.78 is 53.7. The zero-order valence-electron chi connectivity index (χ0n) is 47.2. The first-order valence-electron chi connectivity index (χ1n) is 26.2. The molecule has 0 amide bonds. The van der Waals surface area contributed by atoms with Gasteiger partial charge in [-0.25, -0.2) is 4.98 Å². The number of carbonyl (C=O) groups is 3. The molecule has 0 saturated carbocycles. The minimum Gasteiger partial charge on any atom is -0.753 e. The van der Waals surface area contributed by atoms with E-state index in [4.69, 9.17) is 5.41 Å². The second-order valence-electron chi connectivity index (χ2n) is 20.5. The third-order valence-electron chi connectivity index (χ3n) is 12.5. The van der Waals surface area contributed by atoms with E-state index in [-0.39, 0.29) is 36.0 Å². The monoisotopic (exact) mass is 1260 g/mol. The van der Waals surface area contributed by atoms with Crippen molar-refractivity contribution in [3.63, 3.8) is 0 Å². The number of alkyl halides is 3. The number of halogens is 3. The molecule has 6 heterocycles. The number of anilines is 3. The topological polar surface area (TPSA) is 183 Å². The Morgan fingerprint density at radius 3 is 1.54 bits per heavy atom. The van der Waals surface area contributed by atoms with E-state index >= 15 is 0 Å². The van der Waals surface area contributed by atoms with Gasteiger partial charge >= 0.3 is 25.7 Å². The second-order valence-corrected chi connectivity index (χ2v) is 21.8. The Labute approximate surface area is 509 Å². The smallest absolute Gasteiger partial charge is 0.753 e. The van der Waals surface area contributed by atoms with Crippen LogP contribution in [0.5, 0.6) is 0 Å². The van der Waals surface area contributed by atoms with Crippen molar-refractivity contribution in [1.82, 2.24) is 30.1 Å². The number of unbranched alkanes of at least 4 members (excludes halogenated alkanes) is 3. The number of hydrogen-bond donors (Lipinski definition) is 0. The SMILES string of the molecule is CCCCCCc1cc(N(c2ccc(C(C)(C)C)cc2)c2ccc(C(C)(C)C)cc2)sc1-c1ccnc(-c2cc(C(F)(F)F)n[n-]2)c1.O=CO/C=C/c1ccnc(-c2cc(/C=C/OC=O)cc(-c3cc(/C=C/OC=O)ccn3)n2)c1.[N-]=C=S.[Ru+2]. The van der Waals surface area contributed by atoms with Gasteiger partial charge in [-0.05, 0) is 166 Å². The summed E-state index contributed by atoms with van der Waals surface area (Å²) in [5, 5.41) is 16.7. The number of thiocarbonyl (C=S) groups is 1. The number of aromatic nitrogens is 6. The summed E-state index contributed by atoms with van der Waals surface area (Å²) in [7, 11) is 0. The second kappa shape index (κ2) is 31.9. The Kier molecular flexibility index (Phi) is 25.2. The summed E-state index contributed by atoms with van der Waals surface area (Å²) in [6, 6.07) is 35.2. The van der Waals surface area contributed by atoms with Crippen LogP contribution in [-0.4, -0.2) is 49.6 Å². The number of isothiocyanates is 1. The van der Waals surface area contributed by atoms with Crippen molar-refractivity contribution in [3.05, 3.63) is 191 Å². The average Bonchev–Trinajstić information content (AvgIpc) is 3.66. The summed E-state index contributed by atoms with van der Waals surface area (Å²) in [6.07, 6.45) is 14.3. The molecule has 0 aliphatic rings. The summed E-state index contributed by atoms with van der Waals surface area (Å²) in [6.45, 7) is 16.5. The van der Waals surface area contributed by atoms with Crippen LogP contribution in [-0.2, 0) is 71.5 Å². The number of hydrogen-bond acceptors (Lipinski definition) is 14. The van der Waals surface area contributed by atoms with E-state index in [0.29, 0.717) is 53.4 Å². The van der Waals surface area contributed by atoms with Crippen LogP contribution in [0.3, 0.4) is 0 Å². The third kappa shape index (κ3) is 19.3. The van der Waals surface area contributed by atoms with Crippen LogP contribution in [0.15, 0.2) is 147 Å². The molecule has 2 aromatic carbocycles. The number of aryl methyl sites for hydroxylation is 1. The normalized spacial score (nSPS) is 11.4. The van der Waals surface area contributed by atoms with E-state index in [1.807, 2.05) is 12.1 Å². The third-order valence-corrected chi connectivity index (χ3v) is 13.7. The van der Waals surface area contributed by atoms with Crippen molar-refractivity contribution >= 4 is 82.7 Å². The average molecular weight is 1260 g/mol. The maximum absolute atomic E-state index is 13.3. The van der Waals surface area contributed by atoms with E-state index in [9.17, 15) is 27.6 Å². The van der Waals surface area contributed by atoms with E-state index in [1.54, 1.807) is 84.6 Å². The zero-order chi connectivity index (χ0) is 60.0. The Hall–Kier alpha value is -8.41. The van der Waals surface area contributed by atoms with Crippen molar-refractivity contribution in [2.75, 3.05) is 4.90 Å². The van der Waals surface area contributed by atoms with Crippen LogP contribution in [0, 0.1) is 0 Å². The van der Waals surface area contributed by atoms with Crippen LogP contribution >= 0.6 is 23.6 Å². The molecule has 20 heteroatoms. The number of thiophene rings is 1. The molecule has 434 valence electrons. The van der Waals surface area contributed by atoms with Gasteiger partial charge in [-0.3, -0.25) is 29.3 Å². The quantitative estimate of drug-likeness (QED) is 0.0126. The molecule has 0 bridgehead atoms.